The molecule has 6 fully saturated rings. The summed E-state index contributed by atoms with van der Waals surface area (Å²) in [5, 5.41) is 42.6. The SMILES string of the molecule is C.C.C1CCC(C2CCCCC2)CC1.CC.CC.CC.CC.CC.CCCC.CCc1nn(CCC2CCCCC2)c(=O)c2ccccc12.CO.O=C1C(C2CCCCC2)=C(O)c2ccccc21.O=C1OC(=O)c2ccccc21.O=C1OCc2ccccc21.O=c1[nH]nc(CC2CCCCC2)c2ccccc12.[H-].[Na+].[Na+].[O-]CC1CCCCC1. The van der Waals surface area contributed by atoms with Gasteiger partial charge in [0.2, 0.25) is 0 Å². The van der Waals surface area contributed by atoms with Crippen LogP contribution in [-0.2, 0) is 35.5 Å². The summed E-state index contributed by atoms with van der Waals surface area (Å²) in [5.74, 6) is 3.57. The Labute approximate surface area is 753 Å². The molecule has 0 unspecified atom stereocenters. The molecular formula is C100H156N4Na2O11. The second-order valence-corrected chi connectivity index (χ2v) is 29.3. The van der Waals surface area contributed by atoms with Gasteiger partial charge >= 0.3 is 77.0 Å². The summed E-state index contributed by atoms with van der Waals surface area (Å²) in [6.07, 6.45) is 46.4. The zero-order valence-corrected chi connectivity index (χ0v) is 78.3. The van der Waals surface area contributed by atoms with Crippen molar-refractivity contribution in [1.82, 2.24) is 20.0 Å². The average molecular weight is 1640 g/mol. The van der Waals surface area contributed by atoms with E-state index in [2.05, 4.69) is 40.8 Å². The number of nitrogens with one attached hydrogen (secondary N) is 1. The van der Waals surface area contributed by atoms with Gasteiger partial charge in [0, 0.05) is 46.7 Å². The molecule has 5 aromatic carbocycles. The molecule has 0 radical (unpaired) electrons. The van der Waals surface area contributed by atoms with Gasteiger partial charge in [-0.2, -0.15) is 10.2 Å². The summed E-state index contributed by atoms with van der Waals surface area (Å²) in [7, 11) is 1.00. The number of benzene rings is 5. The van der Waals surface area contributed by atoms with Crippen LogP contribution in [-0.4, -0.2) is 67.6 Å². The fraction of sp³-hybridized carbons (Fsp3) is 0.600. The fourth-order valence-electron chi connectivity index (χ4n) is 16.2. The number of ketones is 1. The Balaban J connectivity index is -0.00000128. The van der Waals surface area contributed by atoms with Gasteiger partial charge in [-0.3, -0.25) is 14.4 Å². The molecule has 0 spiro atoms. The van der Waals surface area contributed by atoms with Crippen molar-refractivity contribution in [3.63, 3.8) is 0 Å². The van der Waals surface area contributed by atoms with Crippen molar-refractivity contribution in [3.8, 4) is 0 Å². The summed E-state index contributed by atoms with van der Waals surface area (Å²) in [4.78, 5) is 69.1. The minimum absolute atomic E-state index is 0. The summed E-state index contributed by atoms with van der Waals surface area (Å²) in [6, 6.07) is 36.9. The molecule has 16 rings (SSSR count). The molecule has 0 amide bonds. The Hall–Kier alpha value is -5.88. The van der Waals surface area contributed by atoms with Crippen molar-refractivity contribution < 1.29 is 105 Å². The molecule has 7 aromatic rings. The number of carbonyl (C=O) groups excluding carboxylic acids is 4. The quantitative estimate of drug-likeness (QED) is 0.0658. The Morgan fingerprint density at radius 3 is 1.25 bits per heavy atom. The largest absolute Gasteiger partial charge is 1.00 e. The van der Waals surface area contributed by atoms with Crippen LogP contribution in [0.5, 0.6) is 0 Å². The van der Waals surface area contributed by atoms with Gasteiger partial charge in [-0.25, -0.2) is 24.2 Å². The number of aromatic nitrogens is 4. The summed E-state index contributed by atoms with van der Waals surface area (Å²) in [6.45, 7) is 27.8. The Morgan fingerprint density at radius 2 is 0.821 bits per heavy atom. The topological polar surface area (TPSA) is 231 Å². The fourth-order valence-corrected chi connectivity index (χ4v) is 16.2. The predicted octanol–water partition coefficient (Wildman–Crippen LogP) is 20.1. The van der Waals surface area contributed by atoms with E-state index in [0.29, 0.717) is 40.4 Å². The minimum atomic E-state index is -0.550. The van der Waals surface area contributed by atoms with E-state index in [0.717, 1.165) is 113 Å². The molecule has 0 atom stereocenters. The van der Waals surface area contributed by atoms with Gasteiger partial charge in [-0.1, -0.05) is 394 Å². The van der Waals surface area contributed by atoms with Crippen molar-refractivity contribution in [1.29, 1.82) is 0 Å². The molecule has 6 saturated carbocycles. The first-order valence-corrected chi connectivity index (χ1v) is 44.6. The van der Waals surface area contributed by atoms with E-state index < -0.39 is 11.9 Å². The van der Waals surface area contributed by atoms with Crippen molar-refractivity contribution in [2.45, 2.75) is 343 Å². The zero-order valence-electron chi connectivity index (χ0n) is 75.3. The number of Topliss-reactive ketones (excluding diaryl/α,β-unsaturated/α-hetero) is 1. The number of hydrogen-bond acceptors (Lipinski definition) is 13. The normalized spacial score (nSPS) is 16.4. The number of H-pyrrole nitrogens is 1. The Bertz CT molecular complexity index is 3880. The van der Waals surface area contributed by atoms with E-state index in [4.69, 9.17) is 9.84 Å². The first-order valence-electron chi connectivity index (χ1n) is 44.6. The van der Waals surface area contributed by atoms with Gasteiger partial charge < -0.3 is 26.2 Å². The molecule has 15 nitrogen and oxygen atoms in total. The van der Waals surface area contributed by atoms with E-state index in [1.807, 2.05) is 160 Å². The smallest absolute Gasteiger partial charge is 1.00 e. The van der Waals surface area contributed by atoms with Gasteiger partial charge in [0.15, 0.2) is 5.78 Å². The number of rotatable bonds is 10. The Kier molecular flexibility index (Phi) is 66.5. The predicted molar refractivity (Wildman–Crippen MR) is 482 cm³/mol. The number of fused-ring (bicyclic) bond motifs is 5. The Morgan fingerprint density at radius 1 is 0.444 bits per heavy atom. The van der Waals surface area contributed by atoms with Gasteiger partial charge in [0.1, 0.15) is 12.4 Å². The number of esters is 3. The van der Waals surface area contributed by atoms with E-state index in [-0.39, 0.29) is 117 Å². The number of cyclic esters (lactones) is 3. The van der Waals surface area contributed by atoms with Crippen LogP contribution < -0.4 is 75.3 Å². The van der Waals surface area contributed by atoms with Crippen LogP contribution in [0.2, 0.25) is 0 Å². The second kappa shape index (κ2) is 68.7. The summed E-state index contributed by atoms with van der Waals surface area (Å²) >= 11 is 0. The van der Waals surface area contributed by atoms with Gasteiger partial charge in [0.25, 0.3) is 11.1 Å². The van der Waals surface area contributed by atoms with Crippen molar-refractivity contribution in [2.24, 2.45) is 35.5 Å². The van der Waals surface area contributed by atoms with Crippen LogP contribution in [0.3, 0.4) is 0 Å². The number of aliphatic hydroxyl groups excluding tert-OH is 2. The third-order valence-corrected chi connectivity index (χ3v) is 22.2. The molecule has 3 N–H and O–H groups in total. The van der Waals surface area contributed by atoms with Crippen LogP contribution in [0.25, 0.3) is 27.3 Å². The number of unbranched alkanes of at least 4 members (excludes halogenated alkanes) is 1. The maximum atomic E-state index is 12.6. The summed E-state index contributed by atoms with van der Waals surface area (Å²) < 4.78 is 10.8. The van der Waals surface area contributed by atoms with E-state index >= 15 is 0 Å². The van der Waals surface area contributed by atoms with Gasteiger partial charge in [0.05, 0.1) is 38.9 Å². The molecule has 9 aliphatic rings. The third kappa shape index (κ3) is 37.6. The number of nitrogens with zero attached hydrogens (tertiary/aromatic N) is 3. The molecule has 117 heavy (non-hydrogen) atoms. The molecule has 17 heteroatoms. The molecule has 4 heterocycles. The van der Waals surface area contributed by atoms with E-state index in [1.165, 1.54) is 167 Å². The maximum Gasteiger partial charge on any atom is 1.00 e. The standard InChI is InChI=1S/C18H24N2O.C15H18N2O.C15H16O2.C12H22.C8H4O3.C8H6O2.C7H13O.C4H10.5C2H6.CH4O.2CH4.2Na.H/c1-2-17-15-10-6-7-11-16(15)18(21)20(19-17)13-12-14-8-4-3-5-9-14;18-15-13-9-5-4-8-12(13)14(16-17-15)10-11-6-2-1-3-7-11;16-14-11-8-4-5-9-12(11)15(17)13(14)10-6-2-1-3-7-10;1-3-7-11(8-4-1)12-9-5-2-6-10-12;9-7-5-3-1-2-4-6(5)8(10)11-7;9-8-7-4-2-1-3-6(7)5-10-8;8-6-7-4-2-1-3-5-7;1-3-4-2;6*1-2;;;;;/h6-7,10-11,14H,2-5,8-9,12-13H2,1H3;4-5,8-9,11H,1-3,6-7,10H2,(H,17,18);4-5,8-10,16H,1-3,6-7H2;11-12H,1-10H2;1-4H;1-4H,5H2;7H,1-6H2;3-4H2,1-2H3;5*1-2H3;2H,1H3;2*1H4;;;/q;;;;;;-1;;;;;;;;;;2*+1;-1. The molecule has 2 aromatic heterocycles. The van der Waals surface area contributed by atoms with E-state index in [9.17, 15) is 39.0 Å². The average Bonchev–Trinajstić information content (AvgIpc) is 1.52. The molecular weight excluding hydrogens is 1480 g/mol. The third-order valence-electron chi connectivity index (χ3n) is 22.2. The van der Waals surface area contributed by atoms with Crippen LogP contribution in [0, 0.1) is 35.5 Å². The molecule has 0 saturated heterocycles. The van der Waals surface area contributed by atoms with Gasteiger partial charge in [-0.05, 0) is 92.0 Å². The number of aryl methyl sites for hydroxylation is 2. The minimum Gasteiger partial charge on any atom is -1.00 e. The first kappa shape index (κ1) is 113. The molecule has 7 aliphatic carbocycles. The molecule has 644 valence electrons. The number of aromatic amines is 1. The van der Waals surface area contributed by atoms with Crippen LogP contribution in [0.15, 0.2) is 136 Å². The van der Waals surface area contributed by atoms with Crippen molar-refractivity contribution in [3.05, 3.63) is 192 Å². The number of allylic oxidation sites excluding steroid dienone is 1. The second-order valence-electron chi connectivity index (χ2n) is 29.3. The first-order chi connectivity index (χ1) is 55.4. The van der Waals surface area contributed by atoms with Crippen LogP contribution >= 0.6 is 0 Å². The molecule has 0 bridgehead atoms. The van der Waals surface area contributed by atoms with E-state index in [1.54, 1.807) is 60.7 Å². The van der Waals surface area contributed by atoms with Crippen molar-refractivity contribution in [2.75, 3.05) is 13.7 Å². The van der Waals surface area contributed by atoms with Crippen LogP contribution in [0.1, 0.15) is 382 Å². The number of aliphatic hydroxyl groups is 2. The van der Waals surface area contributed by atoms with Gasteiger partial charge in [-0.15, -0.1) is 6.61 Å². The number of carbonyl (C=O) groups is 4. The van der Waals surface area contributed by atoms with Crippen LogP contribution in [0.4, 0.5) is 0 Å². The van der Waals surface area contributed by atoms with Crippen molar-refractivity contribution >= 4 is 51.0 Å². The number of hydrogen-bond donors (Lipinski definition) is 3. The monoisotopic (exact) mass is 1640 g/mol. The zero-order chi connectivity index (χ0) is 83.1. The maximum absolute atomic E-state index is 12.6. The summed E-state index contributed by atoms with van der Waals surface area (Å²) in [5.41, 5.74) is 6.56. The number of ether oxygens (including phenoxy) is 2. The molecule has 2 aliphatic heterocycles.